The summed E-state index contributed by atoms with van der Waals surface area (Å²) >= 11 is 0. The first-order chi connectivity index (χ1) is 6.58. The minimum atomic E-state index is -0.576. The molecule has 4 heteroatoms. The van der Waals surface area contributed by atoms with E-state index in [2.05, 4.69) is 12.2 Å². The van der Waals surface area contributed by atoms with E-state index in [9.17, 15) is 9.32 Å². The highest BCUT2D eigenvalue weighted by Gasteiger charge is 2.19. The molecule has 1 aliphatic rings. The van der Waals surface area contributed by atoms with Crippen LogP contribution in [0.3, 0.4) is 0 Å². The lowest BCUT2D eigenvalue weighted by atomic mass is 10.1. The predicted octanol–water partition coefficient (Wildman–Crippen LogP) is 0.646. The van der Waals surface area contributed by atoms with Crippen LogP contribution in [-0.4, -0.2) is 39.0 Å². The maximum absolute atomic E-state index is 11.1. The Labute approximate surface area is 88.7 Å². The second-order valence-electron chi connectivity index (χ2n) is 4.27. The molecule has 2 atom stereocenters. The minimum absolute atomic E-state index is 0.241. The first kappa shape index (κ1) is 12.1. The van der Waals surface area contributed by atoms with E-state index in [4.69, 9.17) is 0 Å². The standard InChI is InChI=1S/C10H21NO2S/c1-8(7-9(2)12)11-10-3-5-14(13)6-4-10/h8-12H,3-7H2,1-2H3. The van der Waals surface area contributed by atoms with Gasteiger partial charge in [-0.3, -0.25) is 4.21 Å². The number of hydrogen-bond donors (Lipinski definition) is 2. The monoisotopic (exact) mass is 219 g/mol. The minimum Gasteiger partial charge on any atom is -0.393 e. The van der Waals surface area contributed by atoms with Gasteiger partial charge in [0.2, 0.25) is 0 Å². The molecule has 0 aromatic rings. The Hall–Kier alpha value is 0.0700. The van der Waals surface area contributed by atoms with Gasteiger partial charge in [0.05, 0.1) is 6.10 Å². The molecule has 0 aliphatic carbocycles. The highest BCUT2D eigenvalue weighted by atomic mass is 32.2. The van der Waals surface area contributed by atoms with Crippen molar-refractivity contribution in [2.75, 3.05) is 11.5 Å². The second-order valence-corrected chi connectivity index (χ2v) is 5.97. The molecule has 0 aromatic carbocycles. The molecule has 0 saturated carbocycles. The zero-order chi connectivity index (χ0) is 10.6. The Kier molecular flexibility index (Phi) is 5.06. The van der Waals surface area contributed by atoms with Gasteiger partial charge < -0.3 is 10.4 Å². The third-order valence-electron chi connectivity index (χ3n) is 2.60. The molecule has 0 bridgehead atoms. The summed E-state index contributed by atoms with van der Waals surface area (Å²) in [6, 6.07) is 0.855. The molecular formula is C10H21NO2S. The molecule has 1 aliphatic heterocycles. The van der Waals surface area contributed by atoms with Crippen molar-refractivity contribution in [3.05, 3.63) is 0 Å². The number of nitrogens with one attached hydrogen (secondary N) is 1. The summed E-state index contributed by atoms with van der Waals surface area (Å²) in [5.74, 6) is 1.66. The summed E-state index contributed by atoms with van der Waals surface area (Å²) in [5, 5.41) is 12.7. The van der Waals surface area contributed by atoms with Crippen LogP contribution in [-0.2, 0) is 10.8 Å². The van der Waals surface area contributed by atoms with Gasteiger partial charge in [0.1, 0.15) is 0 Å². The summed E-state index contributed by atoms with van der Waals surface area (Å²) in [6.45, 7) is 3.91. The summed E-state index contributed by atoms with van der Waals surface area (Å²) in [4.78, 5) is 0. The van der Waals surface area contributed by atoms with Gasteiger partial charge in [-0.05, 0) is 33.1 Å². The molecule has 1 rings (SSSR count). The zero-order valence-corrected chi connectivity index (χ0v) is 9.85. The number of rotatable bonds is 4. The molecule has 84 valence electrons. The molecule has 2 unspecified atom stereocenters. The van der Waals surface area contributed by atoms with Gasteiger partial charge in [0.15, 0.2) is 0 Å². The summed E-state index contributed by atoms with van der Waals surface area (Å²) < 4.78 is 11.1. The fourth-order valence-electron chi connectivity index (χ4n) is 1.94. The van der Waals surface area contributed by atoms with Crippen LogP contribution in [0.5, 0.6) is 0 Å². The van der Waals surface area contributed by atoms with Crippen LogP contribution in [0.4, 0.5) is 0 Å². The van der Waals surface area contributed by atoms with Crippen molar-refractivity contribution in [2.24, 2.45) is 0 Å². The average molecular weight is 219 g/mol. The molecule has 0 amide bonds. The van der Waals surface area contributed by atoms with Crippen molar-refractivity contribution in [1.29, 1.82) is 0 Å². The van der Waals surface area contributed by atoms with Crippen molar-refractivity contribution >= 4 is 10.8 Å². The fourth-order valence-corrected chi connectivity index (χ4v) is 3.24. The molecule has 3 nitrogen and oxygen atoms in total. The van der Waals surface area contributed by atoms with E-state index in [1.54, 1.807) is 0 Å². The summed E-state index contributed by atoms with van der Waals surface area (Å²) in [6.07, 6.45) is 2.57. The van der Waals surface area contributed by atoms with Crippen LogP contribution in [0.25, 0.3) is 0 Å². The Morgan fingerprint density at radius 3 is 2.50 bits per heavy atom. The average Bonchev–Trinajstić information content (AvgIpc) is 2.07. The van der Waals surface area contributed by atoms with Crippen molar-refractivity contribution in [2.45, 2.75) is 51.3 Å². The topological polar surface area (TPSA) is 49.3 Å². The van der Waals surface area contributed by atoms with Gasteiger partial charge >= 0.3 is 0 Å². The Bertz CT molecular complexity index is 187. The predicted molar refractivity (Wildman–Crippen MR) is 59.8 cm³/mol. The molecule has 0 radical (unpaired) electrons. The molecular weight excluding hydrogens is 198 g/mol. The van der Waals surface area contributed by atoms with Crippen LogP contribution in [0.1, 0.15) is 33.1 Å². The van der Waals surface area contributed by atoms with Crippen molar-refractivity contribution < 1.29 is 9.32 Å². The number of hydrogen-bond acceptors (Lipinski definition) is 3. The van der Waals surface area contributed by atoms with E-state index in [0.29, 0.717) is 12.1 Å². The lowest BCUT2D eigenvalue weighted by molar-refractivity contribution is 0.167. The molecule has 1 fully saturated rings. The Morgan fingerprint density at radius 1 is 1.43 bits per heavy atom. The molecule has 1 heterocycles. The van der Waals surface area contributed by atoms with E-state index in [-0.39, 0.29) is 6.10 Å². The number of aliphatic hydroxyl groups is 1. The van der Waals surface area contributed by atoms with Gasteiger partial charge in [0.25, 0.3) is 0 Å². The van der Waals surface area contributed by atoms with Crippen molar-refractivity contribution in [3.63, 3.8) is 0 Å². The summed E-state index contributed by atoms with van der Waals surface area (Å²) in [7, 11) is -0.576. The normalized spacial score (nSPS) is 32.5. The Balaban J connectivity index is 2.20. The molecule has 0 aromatic heterocycles. The van der Waals surface area contributed by atoms with E-state index >= 15 is 0 Å². The maximum atomic E-state index is 11.1. The van der Waals surface area contributed by atoms with Gasteiger partial charge in [0, 0.05) is 34.4 Å². The third-order valence-corrected chi connectivity index (χ3v) is 3.98. The van der Waals surface area contributed by atoms with Gasteiger partial charge in [-0.25, -0.2) is 0 Å². The quantitative estimate of drug-likeness (QED) is 0.730. The van der Waals surface area contributed by atoms with Gasteiger partial charge in [-0.15, -0.1) is 0 Å². The van der Waals surface area contributed by atoms with Gasteiger partial charge in [-0.2, -0.15) is 0 Å². The maximum Gasteiger partial charge on any atom is 0.0526 e. The lowest BCUT2D eigenvalue weighted by Crippen LogP contribution is -2.41. The smallest absolute Gasteiger partial charge is 0.0526 e. The molecule has 1 saturated heterocycles. The van der Waals surface area contributed by atoms with Crippen molar-refractivity contribution in [3.8, 4) is 0 Å². The lowest BCUT2D eigenvalue weighted by Gasteiger charge is -2.26. The second kappa shape index (κ2) is 5.83. The van der Waals surface area contributed by atoms with Crippen LogP contribution in [0.15, 0.2) is 0 Å². The first-order valence-corrected chi connectivity index (χ1v) is 6.86. The van der Waals surface area contributed by atoms with Crippen LogP contribution < -0.4 is 5.32 Å². The zero-order valence-electron chi connectivity index (χ0n) is 9.03. The molecule has 14 heavy (non-hydrogen) atoms. The van der Waals surface area contributed by atoms with Crippen LogP contribution in [0, 0.1) is 0 Å². The van der Waals surface area contributed by atoms with E-state index < -0.39 is 10.8 Å². The van der Waals surface area contributed by atoms with Gasteiger partial charge in [-0.1, -0.05) is 0 Å². The van der Waals surface area contributed by atoms with E-state index in [0.717, 1.165) is 30.8 Å². The largest absolute Gasteiger partial charge is 0.393 e. The highest BCUT2D eigenvalue weighted by Crippen LogP contribution is 2.11. The SMILES string of the molecule is CC(O)CC(C)NC1CCS(=O)CC1. The molecule has 0 spiro atoms. The van der Waals surface area contributed by atoms with E-state index in [1.807, 2.05) is 6.92 Å². The third kappa shape index (κ3) is 4.53. The Morgan fingerprint density at radius 2 is 2.00 bits per heavy atom. The highest BCUT2D eigenvalue weighted by molar-refractivity contribution is 7.85. The summed E-state index contributed by atoms with van der Waals surface area (Å²) in [5.41, 5.74) is 0. The number of aliphatic hydroxyl groups excluding tert-OH is 1. The van der Waals surface area contributed by atoms with E-state index in [1.165, 1.54) is 0 Å². The van der Waals surface area contributed by atoms with Crippen LogP contribution >= 0.6 is 0 Å². The molecule has 2 N–H and O–H groups in total. The fraction of sp³-hybridized carbons (Fsp3) is 1.00. The van der Waals surface area contributed by atoms with Crippen LogP contribution in [0.2, 0.25) is 0 Å². The first-order valence-electron chi connectivity index (χ1n) is 5.37. The van der Waals surface area contributed by atoms with Crippen molar-refractivity contribution in [1.82, 2.24) is 5.32 Å².